The van der Waals surface area contributed by atoms with E-state index in [1.54, 1.807) is 0 Å². The average molecular weight is 610 g/mol. The molecule has 0 radical (unpaired) electrons. The van der Waals surface area contributed by atoms with Crippen LogP contribution >= 0.6 is 46.4 Å². The van der Waals surface area contributed by atoms with Gasteiger partial charge < -0.3 is 0 Å². The summed E-state index contributed by atoms with van der Waals surface area (Å²) in [6.45, 7) is 4.60. The van der Waals surface area contributed by atoms with Gasteiger partial charge in [0.25, 0.3) is 0 Å². The molecule has 0 fully saturated rings. The molecule has 0 aliphatic heterocycles. The van der Waals surface area contributed by atoms with Crippen LogP contribution in [-0.2, 0) is 0 Å². The lowest BCUT2D eigenvalue weighted by Crippen LogP contribution is -2.13. The molecule has 5 aromatic carbocycles. The predicted octanol–water partition coefficient (Wildman–Crippen LogP) is 12.3. The maximum absolute atomic E-state index is 7.32. The molecule has 0 saturated carbocycles. The zero-order chi connectivity index (χ0) is 28.5. The Morgan fingerprint density at radius 3 is 1.51 bits per heavy atom. The van der Waals surface area contributed by atoms with Crippen LogP contribution in [0.1, 0.15) is 22.6 Å². The summed E-state index contributed by atoms with van der Waals surface area (Å²) in [7, 11) is 0. The molecule has 1 atom stereocenters. The quantitative estimate of drug-likeness (QED) is 0.186. The minimum Gasteiger partial charge on any atom is -0.0942 e. The van der Waals surface area contributed by atoms with Crippen molar-refractivity contribution >= 4 is 57.5 Å². The fourth-order valence-corrected chi connectivity index (χ4v) is 7.01. The van der Waals surface area contributed by atoms with E-state index in [2.05, 4.69) is 18.7 Å². The Bertz CT molecular complexity index is 1800. The summed E-state index contributed by atoms with van der Waals surface area (Å²) in [5, 5.41) is 2.02. The number of benzene rings is 5. The molecule has 5 aromatic rings. The van der Waals surface area contributed by atoms with Gasteiger partial charge >= 0.3 is 0 Å². The minimum atomic E-state index is -0.293. The van der Waals surface area contributed by atoms with Crippen molar-refractivity contribution in [3.8, 4) is 22.3 Å². The van der Waals surface area contributed by atoms with E-state index < -0.39 is 0 Å². The summed E-state index contributed by atoms with van der Waals surface area (Å²) < 4.78 is 0. The fourth-order valence-electron chi connectivity index (χ4n) is 5.57. The lowest BCUT2D eigenvalue weighted by molar-refractivity contribution is 1.01. The Labute approximate surface area is 260 Å². The second kappa shape index (κ2) is 11.8. The molecule has 4 heteroatoms. The van der Waals surface area contributed by atoms with Gasteiger partial charge in [0, 0.05) is 27.7 Å². The van der Waals surface area contributed by atoms with E-state index >= 15 is 0 Å². The maximum Gasteiger partial charge on any atom is 0.0645 e. The molecule has 0 N–H and O–H groups in total. The van der Waals surface area contributed by atoms with Gasteiger partial charge in [-0.15, -0.1) is 0 Å². The first-order valence-electron chi connectivity index (χ1n) is 13.2. The van der Waals surface area contributed by atoms with Gasteiger partial charge in [-0.3, -0.25) is 0 Å². The van der Waals surface area contributed by atoms with Gasteiger partial charge in [0.1, 0.15) is 0 Å². The summed E-state index contributed by atoms with van der Waals surface area (Å²) in [5.74, 6) is -0.293. The molecular weight excluding hydrogens is 586 g/mol. The SMILES string of the molecule is C=C1C(c2ccccc2)=C(c2cc(Cl)c(-c3ccccc3)c(Cl)c2-c2ccccc2)C(Cl)=C(Cl)C1c1ccccc1. The number of hydrogen-bond donors (Lipinski definition) is 0. The summed E-state index contributed by atoms with van der Waals surface area (Å²) in [5.41, 5.74) is 8.77. The molecule has 200 valence electrons. The van der Waals surface area contributed by atoms with Crippen molar-refractivity contribution in [2.45, 2.75) is 5.92 Å². The van der Waals surface area contributed by atoms with Crippen molar-refractivity contribution in [3.05, 3.63) is 176 Å². The van der Waals surface area contributed by atoms with Crippen molar-refractivity contribution in [2.75, 3.05) is 0 Å². The smallest absolute Gasteiger partial charge is 0.0645 e. The second-order valence-electron chi connectivity index (χ2n) is 9.85. The third kappa shape index (κ3) is 5.07. The van der Waals surface area contributed by atoms with E-state index in [0.29, 0.717) is 20.1 Å². The first-order valence-corrected chi connectivity index (χ1v) is 14.7. The van der Waals surface area contributed by atoms with E-state index in [0.717, 1.165) is 55.7 Å². The topological polar surface area (TPSA) is 0 Å². The van der Waals surface area contributed by atoms with Gasteiger partial charge in [0.05, 0.1) is 15.1 Å². The maximum atomic E-state index is 7.32. The Morgan fingerprint density at radius 2 is 0.976 bits per heavy atom. The third-order valence-electron chi connectivity index (χ3n) is 7.41. The zero-order valence-electron chi connectivity index (χ0n) is 21.9. The van der Waals surface area contributed by atoms with E-state index in [-0.39, 0.29) is 5.92 Å². The molecule has 0 saturated heterocycles. The molecule has 6 rings (SSSR count). The fraction of sp³-hybridized carbons (Fsp3) is 0.0270. The Balaban J connectivity index is 1.71. The lowest BCUT2D eigenvalue weighted by atomic mass is 9.75. The standard InChI is InChI=1S/C37H24Cl4/c1-23-30(24-14-6-2-7-15-24)34(37(41)36(40)31(23)25-16-8-3-9-17-25)28-22-29(38)33(27-20-12-5-13-21-27)35(39)32(28)26-18-10-4-11-19-26/h2-22,31H,1H2. The number of halogens is 4. The average Bonchev–Trinajstić information content (AvgIpc) is 3.00. The highest BCUT2D eigenvalue weighted by Gasteiger charge is 2.35. The Hall–Kier alpha value is -3.52. The first-order chi connectivity index (χ1) is 20.0. The number of rotatable bonds is 5. The molecule has 0 amide bonds. The highest BCUT2D eigenvalue weighted by atomic mass is 35.5. The monoisotopic (exact) mass is 608 g/mol. The summed E-state index contributed by atoms with van der Waals surface area (Å²) >= 11 is 28.8. The van der Waals surface area contributed by atoms with Crippen LogP contribution in [0.4, 0.5) is 0 Å². The Kier molecular flexibility index (Phi) is 7.93. The van der Waals surface area contributed by atoms with Gasteiger partial charge in [0.15, 0.2) is 0 Å². The van der Waals surface area contributed by atoms with Crippen molar-refractivity contribution in [1.29, 1.82) is 0 Å². The van der Waals surface area contributed by atoms with Gasteiger partial charge in [-0.05, 0) is 45.0 Å². The highest BCUT2D eigenvalue weighted by Crippen LogP contribution is 2.56. The Morgan fingerprint density at radius 1 is 0.512 bits per heavy atom. The van der Waals surface area contributed by atoms with E-state index in [1.807, 2.05) is 115 Å². The van der Waals surface area contributed by atoms with Crippen LogP contribution in [0.5, 0.6) is 0 Å². The van der Waals surface area contributed by atoms with Crippen LogP contribution in [0.3, 0.4) is 0 Å². The molecule has 0 spiro atoms. The summed E-state index contributed by atoms with van der Waals surface area (Å²) in [6, 6.07) is 42.2. The molecule has 1 aliphatic rings. The highest BCUT2D eigenvalue weighted by molar-refractivity contribution is 6.48. The molecule has 1 unspecified atom stereocenters. The minimum absolute atomic E-state index is 0.293. The molecular formula is C37H24Cl4. The van der Waals surface area contributed by atoms with Crippen LogP contribution in [0.2, 0.25) is 10.0 Å². The second-order valence-corrected chi connectivity index (χ2v) is 11.4. The largest absolute Gasteiger partial charge is 0.0942 e. The van der Waals surface area contributed by atoms with Crippen LogP contribution in [0.25, 0.3) is 33.4 Å². The van der Waals surface area contributed by atoms with E-state index in [9.17, 15) is 0 Å². The van der Waals surface area contributed by atoms with Crippen molar-refractivity contribution < 1.29 is 0 Å². The van der Waals surface area contributed by atoms with Gasteiger partial charge in [0.2, 0.25) is 0 Å². The normalized spacial score (nSPS) is 15.4. The zero-order valence-corrected chi connectivity index (χ0v) is 24.9. The molecule has 0 bridgehead atoms. The molecule has 41 heavy (non-hydrogen) atoms. The van der Waals surface area contributed by atoms with Crippen LogP contribution < -0.4 is 0 Å². The van der Waals surface area contributed by atoms with Crippen LogP contribution in [0.15, 0.2) is 150 Å². The van der Waals surface area contributed by atoms with Gasteiger partial charge in [-0.1, -0.05) is 174 Å². The summed E-state index contributed by atoms with van der Waals surface area (Å²) in [4.78, 5) is 0. The number of hydrogen-bond acceptors (Lipinski definition) is 0. The third-order valence-corrected chi connectivity index (χ3v) is 8.98. The van der Waals surface area contributed by atoms with E-state index in [1.165, 1.54) is 0 Å². The van der Waals surface area contributed by atoms with Crippen LogP contribution in [0, 0.1) is 0 Å². The van der Waals surface area contributed by atoms with E-state index in [4.69, 9.17) is 46.4 Å². The van der Waals surface area contributed by atoms with Gasteiger partial charge in [-0.25, -0.2) is 0 Å². The van der Waals surface area contributed by atoms with Crippen molar-refractivity contribution in [2.24, 2.45) is 0 Å². The van der Waals surface area contributed by atoms with Gasteiger partial charge in [-0.2, -0.15) is 0 Å². The van der Waals surface area contributed by atoms with Crippen molar-refractivity contribution in [3.63, 3.8) is 0 Å². The van der Waals surface area contributed by atoms with Crippen LogP contribution in [-0.4, -0.2) is 0 Å². The molecule has 0 nitrogen and oxygen atoms in total. The summed E-state index contributed by atoms with van der Waals surface area (Å²) in [6.07, 6.45) is 0. The molecule has 0 heterocycles. The lowest BCUT2D eigenvalue weighted by Gasteiger charge is -2.32. The molecule has 1 aliphatic carbocycles. The first kappa shape index (κ1) is 27.6. The van der Waals surface area contributed by atoms with Crippen molar-refractivity contribution in [1.82, 2.24) is 0 Å². The number of allylic oxidation sites excluding steroid dienone is 5. The predicted molar refractivity (Wildman–Crippen MR) is 178 cm³/mol. The molecule has 0 aromatic heterocycles.